The van der Waals surface area contributed by atoms with Crippen LogP contribution in [0.15, 0.2) is 46.2 Å². The van der Waals surface area contributed by atoms with Crippen LogP contribution in [-0.2, 0) is 20.8 Å². The molecule has 1 fully saturated rings. The monoisotopic (exact) mass is 571 g/mol. The van der Waals surface area contributed by atoms with Crippen molar-refractivity contribution in [1.82, 2.24) is 23.8 Å². The van der Waals surface area contributed by atoms with Crippen LogP contribution >= 0.6 is 11.3 Å². The number of methoxy groups -OCH3 is 2. The van der Waals surface area contributed by atoms with E-state index in [1.807, 2.05) is 0 Å². The molecule has 0 radical (unpaired) electrons. The van der Waals surface area contributed by atoms with Crippen LogP contribution in [0.2, 0.25) is 0 Å². The summed E-state index contributed by atoms with van der Waals surface area (Å²) in [7, 11) is 4.65. The molecule has 13 heteroatoms. The van der Waals surface area contributed by atoms with Crippen molar-refractivity contribution in [2.75, 3.05) is 41.0 Å². The third kappa shape index (κ3) is 4.84. The Bertz CT molecular complexity index is 1660. The second-order valence-electron chi connectivity index (χ2n) is 9.53. The Labute approximate surface area is 232 Å². The summed E-state index contributed by atoms with van der Waals surface area (Å²) in [4.78, 5) is 42.9. The summed E-state index contributed by atoms with van der Waals surface area (Å²) in [5.41, 5.74) is -0.142. The normalized spacial score (nSPS) is 16.3. The van der Waals surface area contributed by atoms with Crippen LogP contribution in [0.25, 0.3) is 15.2 Å². The topological polar surface area (TPSA) is 110 Å². The first-order chi connectivity index (χ1) is 19.3. The molecule has 2 atom stereocenters. The van der Waals surface area contributed by atoms with Crippen molar-refractivity contribution in [3.8, 4) is 10.8 Å². The number of thiophene rings is 1. The molecular weight excluding hydrogens is 541 g/mol. The highest BCUT2D eigenvalue weighted by Crippen LogP contribution is 2.34. The number of rotatable bonds is 10. The highest BCUT2D eigenvalue weighted by molar-refractivity contribution is 7.21. The molecule has 40 heavy (non-hydrogen) atoms. The maximum Gasteiger partial charge on any atom is 0.332 e. The van der Waals surface area contributed by atoms with Crippen LogP contribution in [0.1, 0.15) is 29.7 Å². The average Bonchev–Trinajstić information content (AvgIpc) is 3.66. The summed E-state index contributed by atoms with van der Waals surface area (Å²) in [6.07, 6.45) is 2.86. The maximum absolute atomic E-state index is 14.4. The number of benzene rings is 1. The van der Waals surface area contributed by atoms with Gasteiger partial charge in [-0.05, 0) is 37.6 Å². The molecule has 0 spiro atoms. The molecule has 11 nitrogen and oxygen atoms in total. The fraction of sp³-hybridized carbons (Fsp3) is 0.407. The Balaban J connectivity index is 1.75. The quantitative estimate of drug-likeness (QED) is 0.269. The summed E-state index contributed by atoms with van der Waals surface area (Å²) < 4.78 is 35.3. The van der Waals surface area contributed by atoms with E-state index in [2.05, 4.69) is 5.10 Å². The van der Waals surface area contributed by atoms with Gasteiger partial charge in [0.1, 0.15) is 33.5 Å². The Kier molecular flexibility index (Phi) is 7.88. The molecule has 1 amide bonds. The number of amides is 1. The number of carbonyl (C=O) groups is 1. The van der Waals surface area contributed by atoms with Crippen molar-refractivity contribution in [3.05, 3.63) is 74.4 Å². The lowest BCUT2D eigenvalue weighted by Gasteiger charge is -2.23. The zero-order valence-electron chi connectivity index (χ0n) is 22.6. The molecular formula is C27H30FN5O6S. The van der Waals surface area contributed by atoms with Crippen LogP contribution in [0.4, 0.5) is 4.39 Å². The second-order valence-corrected chi connectivity index (χ2v) is 10.5. The van der Waals surface area contributed by atoms with Crippen LogP contribution in [0, 0.1) is 12.7 Å². The van der Waals surface area contributed by atoms with Crippen LogP contribution in [0.3, 0.4) is 0 Å². The first-order valence-electron chi connectivity index (χ1n) is 12.7. The van der Waals surface area contributed by atoms with E-state index in [0.29, 0.717) is 45.1 Å². The van der Waals surface area contributed by atoms with Crippen LogP contribution in [0.5, 0.6) is 5.75 Å². The van der Waals surface area contributed by atoms with Gasteiger partial charge >= 0.3 is 5.69 Å². The molecule has 1 aliphatic heterocycles. The number of hydrogen-bond donors (Lipinski definition) is 0. The lowest BCUT2D eigenvalue weighted by Crippen LogP contribution is -2.44. The molecule has 1 aromatic carbocycles. The molecule has 0 bridgehead atoms. The summed E-state index contributed by atoms with van der Waals surface area (Å²) in [5, 5.41) is 5.29. The molecule has 3 aromatic heterocycles. The number of aryl methyl sites for hydroxylation is 1. The van der Waals surface area contributed by atoms with Gasteiger partial charge in [0.15, 0.2) is 0 Å². The van der Waals surface area contributed by atoms with E-state index in [1.54, 1.807) is 37.1 Å². The van der Waals surface area contributed by atoms with E-state index in [1.165, 1.54) is 53.2 Å². The number of likely N-dealkylation sites (tertiary alicyclic amines) is 1. The molecule has 4 heterocycles. The highest BCUT2D eigenvalue weighted by atomic mass is 32.1. The fourth-order valence-corrected chi connectivity index (χ4v) is 6.32. The van der Waals surface area contributed by atoms with Crippen molar-refractivity contribution >= 4 is 27.5 Å². The third-order valence-corrected chi connectivity index (χ3v) is 8.44. The van der Waals surface area contributed by atoms with Gasteiger partial charge in [-0.15, -0.1) is 0 Å². The summed E-state index contributed by atoms with van der Waals surface area (Å²) in [6, 6.07) is 4.91. The maximum atomic E-state index is 14.4. The van der Waals surface area contributed by atoms with E-state index in [4.69, 9.17) is 14.2 Å². The summed E-state index contributed by atoms with van der Waals surface area (Å²) >= 11 is 1.24. The number of halogens is 1. The van der Waals surface area contributed by atoms with E-state index in [0.717, 1.165) is 4.57 Å². The van der Waals surface area contributed by atoms with E-state index in [9.17, 15) is 18.8 Å². The van der Waals surface area contributed by atoms with Crippen molar-refractivity contribution in [3.63, 3.8) is 0 Å². The third-order valence-electron chi connectivity index (χ3n) is 7.13. The predicted molar refractivity (Wildman–Crippen MR) is 147 cm³/mol. The standard InChI is InChI=1S/C27H30FN5O6S/c1-16-22-24(35)33(19-8-11-30(2)23(19)34)27(36)31(26(22)40-25(16)32-10-5-9-29-32)15-21(39-13-12-37-3)18-14-17(28)6-7-20(18)38-4/h5-7,9-10,14,19,21H,8,11-13,15H2,1-4H3/t19-,21-/m0/s1. The molecule has 0 N–H and O–H groups in total. The van der Waals surface area contributed by atoms with Gasteiger partial charge in [0.25, 0.3) is 5.56 Å². The summed E-state index contributed by atoms with van der Waals surface area (Å²) in [6.45, 7) is 2.57. The first-order valence-corrected chi connectivity index (χ1v) is 13.6. The number of nitrogens with zero attached hydrogens (tertiary/aromatic N) is 5. The fourth-order valence-electron chi connectivity index (χ4n) is 5.08. The van der Waals surface area contributed by atoms with Crippen molar-refractivity contribution < 1.29 is 23.4 Å². The zero-order chi connectivity index (χ0) is 28.6. The van der Waals surface area contributed by atoms with Crippen LogP contribution in [-0.4, -0.2) is 70.7 Å². The summed E-state index contributed by atoms with van der Waals surface area (Å²) in [5.74, 6) is -0.412. The molecule has 212 valence electrons. The number of likely N-dealkylation sites (N-methyl/N-ethyl adjacent to an activating group) is 1. The lowest BCUT2D eigenvalue weighted by atomic mass is 10.1. The van der Waals surface area contributed by atoms with E-state index < -0.39 is 29.2 Å². The Morgan fingerprint density at radius 3 is 2.65 bits per heavy atom. The predicted octanol–water partition coefficient (Wildman–Crippen LogP) is 2.67. The van der Waals surface area contributed by atoms with Gasteiger partial charge in [-0.1, -0.05) is 11.3 Å². The molecule has 0 unspecified atom stereocenters. The average molecular weight is 572 g/mol. The SMILES string of the molecule is COCCO[C@@H](Cn1c(=O)n([C@H]2CCN(C)C2=O)c(=O)c2c(C)c(-n3cccn3)sc21)c1cc(F)ccc1OC. The molecule has 0 saturated carbocycles. The van der Waals surface area contributed by atoms with Gasteiger partial charge in [-0.2, -0.15) is 5.10 Å². The highest BCUT2D eigenvalue weighted by Gasteiger charge is 2.35. The molecule has 1 aliphatic rings. The molecule has 1 saturated heterocycles. The minimum atomic E-state index is -0.926. The van der Waals surface area contributed by atoms with Crippen LogP contribution < -0.4 is 16.0 Å². The van der Waals surface area contributed by atoms with Gasteiger partial charge in [-0.25, -0.2) is 18.4 Å². The van der Waals surface area contributed by atoms with Gasteiger partial charge in [0.05, 0.1) is 32.3 Å². The first kappa shape index (κ1) is 27.7. The van der Waals surface area contributed by atoms with Gasteiger partial charge in [0.2, 0.25) is 5.91 Å². The van der Waals surface area contributed by atoms with Crippen molar-refractivity contribution in [2.45, 2.75) is 32.0 Å². The second kappa shape index (κ2) is 11.4. The zero-order valence-corrected chi connectivity index (χ0v) is 23.4. The minimum Gasteiger partial charge on any atom is -0.496 e. The molecule has 4 aromatic rings. The number of fused-ring (bicyclic) bond motifs is 1. The van der Waals surface area contributed by atoms with E-state index in [-0.39, 0.29) is 25.7 Å². The number of ether oxygens (including phenoxy) is 3. The van der Waals surface area contributed by atoms with Gasteiger partial charge < -0.3 is 19.1 Å². The Morgan fingerprint density at radius 2 is 2.00 bits per heavy atom. The number of hydrogen-bond acceptors (Lipinski definition) is 8. The lowest BCUT2D eigenvalue weighted by molar-refractivity contribution is -0.129. The Hall–Kier alpha value is -3.81. The molecule has 0 aliphatic carbocycles. The largest absolute Gasteiger partial charge is 0.496 e. The van der Waals surface area contributed by atoms with Crippen molar-refractivity contribution in [2.24, 2.45) is 0 Å². The van der Waals surface area contributed by atoms with Crippen molar-refractivity contribution in [1.29, 1.82) is 0 Å². The minimum absolute atomic E-state index is 0.0750. The van der Waals surface area contributed by atoms with Gasteiger partial charge in [-0.3, -0.25) is 14.2 Å². The number of aromatic nitrogens is 4. The Morgan fingerprint density at radius 1 is 1.20 bits per heavy atom. The smallest absolute Gasteiger partial charge is 0.332 e. The van der Waals surface area contributed by atoms with E-state index >= 15 is 0 Å². The number of carbonyl (C=O) groups excluding carboxylic acids is 1. The van der Waals surface area contributed by atoms with Gasteiger partial charge in [0, 0.05) is 44.2 Å². The molecule has 5 rings (SSSR count).